The predicted molar refractivity (Wildman–Crippen MR) is 69.2 cm³/mol. The standard InChI is InChI=1S/C12H15ClN2O3/c1-17-10-3-2-8(6-9(10)13)15-12(16)11-7-14-4-5-18-11/h2-3,6,11,14H,4-5,7H2,1H3,(H,15,16). The lowest BCUT2D eigenvalue weighted by molar-refractivity contribution is -0.128. The van der Waals surface area contributed by atoms with Gasteiger partial charge in [0, 0.05) is 18.8 Å². The molecule has 1 fully saturated rings. The van der Waals surface area contributed by atoms with Gasteiger partial charge in [0.1, 0.15) is 11.9 Å². The van der Waals surface area contributed by atoms with E-state index in [1.807, 2.05) is 0 Å². The molecule has 18 heavy (non-hydrogen) atoms. The van der Waals surface area contributed by atoms with E-state index in [1.165, 1.54) is 0 Å². The first-order chi connectivity index (χ1) is 8.70. The first-order valence-corrected chi connectivity index (χ1v) is 6.05. The number of hydrogen-bond donors (Lipinski definition) is 2. The van der Waals surface area contributed by atoms with Gasteiger partial charge in [-0.1, -0.05) is 11.6 Å². The number of methoxy groups -OCH3 is 1. The molecule has 0 aliphatic carbocycles. The molecule has 0 radical (unpaired) electrons. The van der Waals surface area contributed by atoms with E-state index in [9.17, 15) is 4.79 Å². The fraction of sp³-hybridized carbons (Fsp3) is 0.417. The summed E-state index contributed by atoms with van der Waals surface area (Å²) in [5.74, 6) is 0.397. The van der Waals surface area contributed by atoms with Gasteiger partial charge in [-0.2, -0.15) is 0 Å². The summed E-state index contributed by atoms with van der Waals surface area (Å²) in [6.45, 7) is 1.84. The lowest BCUT2D eigenvalue weighted by Gasteiger charge is -2.22. The highest BCUT2D eigenvalue weighted by Gasteiger charge is 2.21. The first kappa shape index (κ1) is 13.1. The molecule has 0 spiro atoms. The van der Waals surface area contributed by atoms with Crippen molar-refractivity contribution < 1.29 is 14.3 Å². The maximum atomic E-state index is 11.9. The van der Waals surface area contributed by atoms with Crippen LogP contribution in [-0.2, 0) is 9.53 Å². The zero-order chi connectivity index (χ0) is 13.0. The van der Waals surface area contributed by atoms with Crippen molar-refractivity contribution in [2.45, 2.75) is 6.10 Å². The minimum Gasteiger partial charge on any atom is -0.495 e. The molecule has 1 saturated heterocycles. The maximum absolute atomic E-state index is 11.9. The van der Waals surface area contributed by atoms with Crippen LogP contribution < -0.4 is 15.4 Å². The largest absolute Gasteiger partial charge is 0.495 e. The van der Waals surface area contributed by atoms with Crippen LogP contribution in [0.15, 0.2) is 18.2 Å². The van der Waals surface area contributed by atoms with E-state index >= 15 is 0 Å². The van der Waals surface area contributed by atoms with Crippen molar-refractivity contribution in [2.75, 3.05) is 32.1 Å². The van der Waals surface area contributed by atoms with Gasteiger partial charge in [-0.3, -0.25) is 4.79 Å². The number of carbonyl (C=O) groups is 1. The Bertz CT molecular complexity index is 433. The fourth-order valence-corrected chi connectivity index (χ4v) is 1.96. The van der Waals surface area contributed by atoms with Crippen LogP contribution in [-0.4, -0.2) is 38.8 Å². The molecule has 6 heteroatoms. The number of nitrogens with one attached hydrogen (secondary N) is 2. The van der Waals surface area contributed by atoms with E-state index in [4.69, 9.17) is 21.1 Å². The maximum Gasteiger partial charge on any atom is 0.254 e. The zero-order valence-electron chi connectivity index (χ0n) is 10.0. The molecule has 1 unspecified atom stereocenters. The van der Waals surface area contributed by atoms with E-state index in [0.29, 0.717) is 29.6 Å². The van der Waals surface area contributed by atoms with Gasteiger partial charge in [-0.25, -0.2) is 0 Å². The molecule has 1 atom stereocenters. The molecule has 1 aliphatic heterocycles. The molecular weight excluding hydrogens is 256 g/mol. The normalized spacial score (nSPS) is 19.3. The Hall–Kier alpha value is -1.30. The second-order valence-electron chi connectivity index (χ2n) is 3.90. The third-order valence-corrected chi connectivity index (χ3v) is 2.93. The van der Waals surface area contributed by atoms with Crippen molar-refractivity contribution in [1.29, 1.82) is 0 Å². The Labute approximate surface area is 110 Å². The summed E-state index contributed by atoms with van der Waals surface area (Å²) < 4.78 is 10.4. The molecule has 1 amide bonds. The molecular formula is C12H15ClN2O3. The Morgan fingerprint density at radius 1 is 1.61 bits per heavy atom. The van der Waals surface area contributed by atoms with E-state index in [2.05, 4.69) is 10.6 Å². The summed E-state index contributed by atoms with van der Waals surface area (Å²) in [5.41, 5.74) is 0.625. The van der Waals surface area contributed by atoms with Crippen molar-refractivity contribution in [3.63, 3.8) is 0 Å². The number of benzene rings is 1. The molecule has 0 aromatic heterocycles. The van der Waals surface area contributed by atoms with E-state index < -0.39 is 6.10 Å². The van der Waals surface area contributed by atoms with Crippen molar-refractivity contribution in [1.82, 2.24) is 5.32 Å². The van der Waals surface area contributed by atoms with Gasteiger partial charge in [-0.05, 0) is 18.2 Å². The molecule has 2 rings (SSSR count). The van der Waals surface area contributed by atoms with Crippen LogP contribution >= 0.6 is 11.6 Å². The number of amides is 1. The van der Waals surface area contributed by atoms with Gasteiger partial charge in [0.15, 0.2) is 0 Å². The van der Waals surface area contributed by atoms with E-state index in [-0.39, 0.29) is 5.91 Å². The van der Waals surface area contributed by atoms with Gasteiger partial charge in [0.2, 0.25) is 0 Å². The lowest BCUT2D eigenvalue weighted by atomic mass is 10.2. The van der Waals surface area contributed by atoms with Crippen LogP contribution in [0.4, 0.5) is 5.69 Å². The van der Waals surface area contributed by atoms with Crippen LogP contribution in [0.3, 0.4) is 0 Å². The number of hydrogen-bond acceptors (Lipinski definition) is 4. The predicted octanol–water partition coefficient (Wildman–Crippen LogP) is 1.28. The van der Waals surface area contributed by atoms with Gasteiger partial charge < -0.3 is 20.1 Å². The van der Waals surface area contributed by atoms with E-state index in [0.717, 1.165) is 6.54 Å². The number of ether oxygens (including phenoxy) is 2. The molecule has 1 aliphatic rings. The Kier molecular flexibility index (Phi) is 4.41. The van der Waals surface area contributed by atoms with Crippen LogP contribution in [0.5, 0.6) is 5.75 Å². The van der Waals surface area contributed by atoms with Crippen molar-refractivity contribution in [3.8, 4) is 5.75 Å². The molecule has 5 nitrogen and oxygen atoms in total. The monoisotopic (exact) mass is 270 g/mol. The average molecular weight is 271 g/mol. The molecule has 1 aromatic carbocycles. The van der Waals surface area contributed by atoms with E-state index in [1.54, 1.807) is 25.3 Å². The Morgan fingerprint density at radius 2 is 2.44 bits per heavy atom. The summed E-state index contributed by atoms with van der Waals surface area (Å²) in [5, 5.41) is 6.32. The minimum absolute atomic E-state index is 0.177. The number of halogens is 1. The molecule has 1 heterocycles. The van der Waals surface area contributed by atoms with Crippen LogP contribution in [0, 0.1) is 0 Å². The van der Waals surface area contributed by atoms with Gasteiger partial charge in [0.25, 0.3) is 5.91 Å². The highest BCUT2D eigenvalue weighted by Crippen LogP contribution is 2.27. The van der Waals surface area contributed by atoms with Crippen LogP contribution in [0.25, 0.3) is 0 Å². The topological polar surface area (TPSA) is 59.6 Å². The van der Waals surface area contributed by atoms with Gasteiger partial charge >= 0.3 is 0 Å². The van der Waals surface area contributed by atoms with Crippen molar-refractivity contribution >= 4 is 23.2 Å². The third kappa shape index (κ3) is 3.13. The summed E-state index contributed by atoms with van der Waals surface area (Å²) in [6.07, 6.45) is -0.459. The number of anilines is 1. The lowest BCUT2D eigenvalue weighted by Crippen LogP contribution is -2.45. The average Bonchev–Trinajstić information content (AvgIpc) is 2.40. The molecule has 0 saturated carbocycles. The Morgan fingerprint density at radius 3 is 3.06 bits per heavy atom. The SMILES string of the molecule is COc1ccc(NC(=O)C2CNCCO2)cc1Cl. The first-order valence-electron chi connectivity index (χ1n) is 5.67. The summed E-state index contributed by atoms with van der Waals surface area (Å²) in [6, 6.07) is 5.09. The zero-order valence-corrected chi connectivity index (χ0v) is 10.8. The second-order valence-corrected chi connectivity index (χ2v) is 4.31. The highest BCUT2D eigenvalue weighted by molar-refractivity contribution is 6.32. The number of rotatable bonds is 3. The van der Waals surface area contributed by atoms with Crippen molar-refractivity contribution in [3.05, 3.63) is 23.2 Å². The quantitative estimate of drug-likeness (QED) is 0.869. The molecule has 2 N–H and O–H groups in total. The third-order valence-electron chi connectivity index (χ3n) is 2.64. The van der Waals surface area contributed by atoms with Gasteiger partial charge in [-0.15, -0.1) is 0 Å². The van der Waals surface area contributed by atoms with Gasteiger partial charge in [0.05, 0.1) is 18.7 Å². The summed E-state index contributed by atoms with van der Waals surface area (Å²) >= 11 is 5.98. The van der Waals surface area contributed by atoms with Crippen molar-refractivity contribution in [2.24, 2.45) is 0 Å². The minimum atomic E-state index is -0.459. The summed E-state index contributed by atoms with van der Waals surface area (Å²) in [7, 11) is 1.54. The fourth-order valence-electron chi connectivity index (χ4n) is 1.70. The molecule has 0 bridgehead atoms. The van der Waals surface area contributed by atoms with Crippen LogP contribution in [0.2, 0.25) is 5.02 Å². The smallest absolute Gasteiger partial charge is 0.254 e. The highest BCUT2D eigenvalue weighted by atomic mass is 35.5. The second kappa shape index (κ2) is 6.04. The number of carbonyl (C=O) groups excluding carboxylic acids is 1. The molecule has 1 aromatic rings. The number of morpholine rings is 1. The Balaban J connectivity index is 2.00. The van der Waals surface area contributed by atoms with Crippen LogP contribution in [0.1, 0.15) is 0 Å². The summed E-state index contributed by atoms with van der Waals surface area (Å²) in [4.78, 5) is 11.9. The molecule has 98 valence electrons.